The molecule has 0 spiro atoms. The molecule has 1 amide bonds. The Morgan fingerprint density at radius 3 is 2.35 bits per heavy atom. The number of furan rings is 1. The highest BCUT2D eigenvalue weighted by Crippen LogP contribution is 2.23. The van der Waals surface area contributed by atoms with E-state index in [1.807, 2.05) is 0 Å². The standard InChI is InChI=1S/C20H22FNO4/c1-14(19(23)22-12-4-2-3-5-13-22)25-20(24)18-11-10-17(26-18)15-6-8-16(21)9-7-15/h6-11,14H,2-5,12-13H2,1H3/t14-/m1/s1. The highest BCUT2D eigenvalue weighted by atomic mass is 19.1. The van der Waals surface area contributed by atoms with Crippen LogP contribution in [0.1, 0.15) is 43.2 Å². The van der Waals surface area contributed by atoms with Crippen LogP contribution in [-0.4, -0.2) is 36.0 Å². The fourth-order valence-corrected chi connectivity index (χ4v) is 3.03. The van der Waals surface area contributed by atoms with Crippen molar-refractivity contribution >= 4 is 11.9 Å². The van der Waals surface area contributed by atoms with Crippen molar-refractivity contribution in [3.05, 3.63) is 48.0 Å². The van der Waals surface area contributed by atoms with Crippen LogP contribution in [-0.2, 0) is 9.53 Å². The molecule has 2 aromatic rings. The Kier molecular flexibility index (Phi) is 5.71. The number of halogens is 1. The predicted molar refractivity (Wildman–Crippen MR) is 94.0 cm³/mol. The molecular formula is C20H22FNO4. The summed E-state index contributed by atoms with van der Waals surface area (Å²) < 4.78 is 23.8. The first-order valence-corrected chi connectivity index (χ1v) is 8.90. The molecule has 0 radical (unpaired) electrons. The van der Waals surface area contributed by atoms with E-state index in [9.17, 15) is 14.0 Å². The Hall–Kier alpha value is -2.63. The Morgan fingerprint density at radius 2 is 1.69 bits per heavy atom. The fourth-order valence-electron chi connectivity index (χ4n) is 3.03. The normalized spacial score (nSPS) is 16.0. The van der Waals surface area contributed by atoms with Crippen LogP contribution in [0.3, 0.4) is 0 Å². The molecule has 0 bridgehead atoms. The van der Waals surface area contributed by atoms with E-state index in [4.69, 9.17) is 9.15 Å². The number of esters is 1. The number of carbonyl (C=O) groups excluding carboxylic acids is 2. The van der Waals surface area contributed by atoms with Crippen LogP contribution in [0.25, 0.3) is 11.3 Å². The van der Waals surface area contributed by atoms with Crippen LogP contribution in [0.5, 0.6) is 0 Å². The van der Waals surface area contributed by atoms with Crippen molar-refractivity contribution in [1.82, 2.24) is 4.90 Å². The summed E-state index contributed by atoms with van der Waals surface area (Å²) in [5.74, 6) is -0.760. The molecule has 0 N–H and O–H groups in total. The third kappa shape index (κ3) is 4.31. The van der Waals surface area contributed by atoms with Gasteiger partial charge in [0.1, 0.15) is 11.6 Å². The van der Waals surface area contributed by atoms with Crippen LogP contribution >= 0.6 is 0 Å². The first-order chi connectivity index (χ1) is 12.5. The van der Waals surface area contributed by atoms with Crippen molar-refractivity contribution in [3.63, 3.8) is 0 Å². The third-order valence-corrected chi connectivity index (χ3v) is 4.49. The molecule has 1 saturated heterocycles. The lowest BCUT2D eigenvalue weighted by atomic mass is 10.2. The van der Waals surface area contributed by atoms with Gasteiger partial charge in [-0.25, -0.2) is 9.18 Å². The Labute approximate surface area is 151 Å². The van der Waals surface area contributed by atoms with E-state index in [0.717, 1.165) is 25.7 Å². The second kappa shape index (κ2) is 8.17. The van der Waals surface area contributed by atoms with E-state index in [0.29, 0.717) is 24.4 Å². The van der Waals surface area contributed by atoms with Gasteiger partial charge in [-0.1, -0.05) is 12.8 Å². The van der Waals surface area contributed by atoms with Crippen molar-refractivity contribution in [2.24, 2.45) is 0 Å². The summed E-state index contributed by atoms with van der Waals surface area (Å²) in [6.07, 6.45) is 3.34. The summed E-state index contributed by atoms with van der Waals surface area (Å²) in [7, 11) is 0. The van der Waals surface area contributed by atoms with Gasteiger partial charge in [0.2, 0.25) is 5.76 Å². The van der Waals surface area contributed by atoms with Crippen LogP contribution in [0.4, 0.5) is 4.39 Å². The van der Waals surface area contributed by atoms with E-state index in [1.165, 1.54) is 18.2 Å². The molecule has 1 aliphatic heterocycles. The molecule has 1 aromatic heterocycles. The fraction of sp³-hybridized carbons (Fsp3) is 0.400. The molecule has 6 heteroatoms. The number of hydrogen-bond acceptors (Lipinski definition) is 4. The molecule has 2 heterocycles. The monoisotopic (exact) mass is 359 g/mol. The molecule has 0 aliphatic carbocycles. The smallest absolute Gasteiger partial charge is 0.375 e. The molecule has 1 atom stereocenters. The van der Waals surface area contributed by atoms with Gasteiger partial charge in [0.15, 0.2) is 6.10 Å². The minimum Gasteiger partial charge on any atom is -0.449 e. The first kappa shape index (κ1) is 18.2. The van der Waals surface area contributed by atoms with Crippen molar-refractivity contribution in [1.29, 1.82) is 0 Å². The zero-order valence-corrected chi connectivity index (χ0v) is 14.7. The van der Waals surface area contributed by atoms with Crippen LogP contribution in [0.2, 0.25) is 0 Å². The van der Waals surface area contributed by atoms with Crippen molar-refractivity contribution in [2.75, 3.05) is 13.1 Å². The van der Waals surface area contributed by atoms with Crippen molar-refractivity contribution < 1.29 is 23.1 Å². The zero-order valence-electron chi connectivity index (χ0n) is 14.7. The average molecular weight is 359 g/mol. The lowest BCUT2D eigenvalue weighted by molar-refractivity contribution is -0.139. The molecule has 0 unspecified atom stereocenters. The second-order valence-electron chi connectivity index (χ2n) is 6.46. The first-order valence-electron chi connectivity index (χ1n) is 8.90. The lowest BCUT2D eigenvalue weighted by Gasteiger charge is -2.23. The van der Waals surface area contributed by atoms with E-state index in [-0.39, 0.29) is 17.5 Å². The molecule has 0 saturated carbocycles. The molecule has 5 nitrogen and oxygen atoms in total. The van der Waals surface area contributed by atoms with Crippen LogP contribution in [0, 0.1) is 5.82 Å². The maximum Gasteiger partial charge on any atom is 0.375 e. The minimum absolute atomic E-state index is 0.0137. The van der Waals surface area contributed by atoms with Crippen LogP contribution < -0.4 is 0 Å². The number of ether oxygens (including phenoxy) is 1. The quantitative estimate of drug-likeness (QED) is 0.773. The summed E-state index contributed by atoms with van der Waals surface area (Å²) in [6, 6.07) is 8.87. The maximum absolute atomic E-state index is 13.0. The third-order valence-electron chi connectivity index (χ3n) is 4.49. The van der Waals surface area contributed by atoms with E-state index in [1.54, 1.807) is 30.0 Å². The summed E-state index contributed by atoms with van der Waals surface area (Å²) >= 11 is 0. The van der Waals surface area contributed by atoms with E-state index < -0.39 is 12.1 Å². The number of carbonyl (C=O) groups is 2. The van der Waals surface area contributed by atoms with Gasteiger partial charge in [-0.15, -0.1) is 0 Å². The average Bonchev–Trinajstić information content (AvgIpc) is 2.97. The number of hydrogen-bond donors (Lipinski definition) is 0. The summed E-state index contributed by atoms with van der Waals surface area (Å²) in [4.78, 5) is 26.5. The second-order valence-corrected chi connectivity index (χ2v) is 6.46. The van der Waals surface area contributed by atoms with Gasteiger partial charge in [-0.3, -0.25) is 4.79 Å². The largest absolute Gasteiger partial charge is 0.449 e. The van der Waals surface area contributed by atoms with Crippen molar-refractivity contribution in [3.8, 4) is 11.3 Å². The number of rotatable bonds is 4. The van der Waals surface area contributed by atoms with E-state index >= 15 is 0 Å². The Morgan fingerprint density at radius 1 is 1.04 bits per heavy atom. The Bertz CT molecular complexity index is 760. The number of benzene rings is 1. The minimum atomic E-state index is -0.861. The summed E-state index contributed by atoms with van der Waals surface area (Å²) in [5.41, 5.74) is 0.652. The summed E-state index contributed by atoms with van der Waals surface area (Å²) in [5, 5.41) is 0. The predicted octanol–water partition coefficient (Wildman–Crippen LogP) is 4.03. The highest BCUT2D eigenvalue weighted by Gasteiger charge is 2.26. The Balaban J connectivity index is 1.62. The zero-order chi connectivity index (χ0) is 18.5. The van der Waals surface area contributed by atoms with Gasteiger partial charge < -0.3 is 14.1 Å². The molecule has 3 rings (SSSR count). The van der Waals surface area contributed by atoms with Gasteiger partial charge in [0.25, 0.3) is 5.91 Å². The number of nitrogens with zero attached hydrogens (tertiary/aromatic N) is 1. The summed E-state index contributed by atoms with van der Waals surface area (Å²) in [6.45, 7) is 2.99. The molecule has 26 heavy (non-hydrogen) atoms. The molecule has 1 fully saturated rings. The van der Waals surface area contributed by atoms with Gasteiger partial charge >= 0.3 is 5.97 Å². The maximum atomic E-state index is 13.0. The van der Waals surface area contributed by atoms with Gasteiger partial charge in [-0.2, -0.15) is 0 Å². The molecule has 1 aromatic carbocycles. The highest BCUT2D eigenvalue weighted by molar-refractivity contribution is 5.90. The topological polar surface area (TPSA) is 59.8 Å². The molecule has 1 aliphatic rings. The van der Waals surface area contributed by atoms with Crippen molar-refractivity contribution in [2.45, 2.75) is 38.7 Å². The molecular weight excluding hydrogens is 337 g/mol. The van der Waals surface area contributed by atoms with Gasteiger partial charge in [0, 0.05) is 18.7 Å². The lowest BCUT2D eigenvalue weighted by Crippen LogP contribution is -2.40. The van der Waals surface area contributed by atoms with Crippen LogP contribution in [0.15, 0.2) is 40.8 Å². The van der Waals surface area contributed by atoms with Gasteiger partial charge in [-0.05, 0) is 56.2 Å². The van der Waals surface area contributed by atoms with E-state index in [2.05, 4.69) is 0 Å². The molecule has 138 valence electrons. The number of likely N-dealkylation sites (tertiary alicyclic amines) is 1. The number of amides is 1. The SMILES string of the molecule is C[C@@H](OC(=O)c1ccc(-c2ccc(F)cc2)o1)C(=O)N1CCCCCC1. The van der Waals surface area contributed by atoms with Gasteiger partial charge in [0.05, 0.1) is 0 Å².